The number of furan rings is 1. The summed E-state index contributed by atoms with van der Waals surface area (Å²) in [7, 11) is 0. The number of carbonyl (C=O) groups excluding carboxylic acids is 2. The number of aromatic amines is 1. The second-order valence-corrected chi connectivity index (χ2v) is 6.79. The zero-order chi connectivity index (χ0) is 19.7. The highest BCUT2D eigenvalue weighted by Gasteiger charge is 2.31. The van der Waals surface area contributed by atoms with Gasteiger partial charge in [0.05, 0.1) is 35.2 Å². The number of aryl methyl sites for hydroxylation is 1. The van der Waals surface area contributed by atoms with Crippen LogP contribution in [0.5, 0.6) is 0 Å². The number of nitrogens with zero attached hydrogens (tertiary/aromatic N) is 1. The normalized spacial score (nSPS) is 16.8. The van der Waals surface area contributed by atoms with Crippen molar-refractivity contribution in [2.45, 2.75) is 26.3 Å². The minimum atomic E-state index is -0.554. The third-order valence-corrected chi connectivity index (χ3v) is 4.80. The highest BCUT2D eigenvalue weighted by molar-refractivity contribution is 5.98. The van der Waals surface area contributed by atoms with Gasteiger partial charge in [-0.1, -0.05) is 12.1 Å². The summed E-state index contributed by atoms with van der Waals surface area (Å²) in [5.41, 5.74) is 4.73. The summed E-state index contributed by atoms with van der Waals surface area (Å²) in [5.74, 6) is 0.570. The van der Waals surface area contributed by atoms with E-state index in [1.165, 1.54) is 12.5 Å². The second-order valence-electron chi connectivity index (χ2n) is 6.79. The van der Waals surface area contributed by atoms with Crippen LogP contribution in [-0.4, -0.2) is 28.5 Å². The molecule has 0 spiro atoms. The molecule has 0 saturated heterocycles. The van der Waals surface area contributed by atoms with E-state index in [1.54, 1.807) is 13.0 Å². The van der Waals surface area contributed by atoms with Gasteiger partial charge in [-0.25, -0.2) is 9.78 Å². The molecule has 144 valence electrons. The monoisotopic (exact) mass is 379 g/mol. The molecule has 3 heterocycles. The summed E-state index contributed by atoms with van der Waals surface area (Å²) in [6.07, 6.45) is 3.61. The van der Waals surface area contributed by atoms with Gasteiger partial charge in [0.2, 0.25) is 0 Å². The van der Waals surface area contributed by atoms with Crippen molar-refractivity contribution in [1.82, 2.24) is 25.9 Å². The number of nitrogens with one attached hydrogen (secondary N) is 4. The number of urea groups is 1. The lowest BCUT2D eigenvalue weighted by atomic mass is 9.97. The Bertz CT molecular complexity index is 1060. The van der Waals surface area contributed by atoms with Gasteiger partial charge in [0, 0.05) is 24.2 Å². The Balaban J connectivity index is 1.46. The first kappa shape index (κ1) is 17.8. The van der Waals surface area contributed by atoms with E-state index >= 15 is 0 Å². The van der Waals surface area contributed by atoms with Crippen LogP contribution in [0.25, 0.3) is 11.0 Å². The lowest BCUT2D eigenvalue weighted by Gasteiger charge is -2.27. The smallest absolute Gasteiger partial charge is 0.319 e. The molecule has 8 nitrogen and oxygen atoms in total. The van der Waals surface area contributed by atoms with Crippen molar-refractivity contribution in [3.63, 3.8) is 0 Å². The molecule has 4 N–H and O–H groups in total. The quantitative estimate of drug-likeness (QED) is 0.545. The summed E-state index contributed by atoms with van der Waals surface area (Å²) in [4.78, 5) is 32.5. The Morgan fingerprint density at radius 2 is 2.14 bits per heavy atom. The van der Waals surface area contributed by atoms with E-state index < -0.39 is 6.04 Å². The number of amides is 3. The van der Waals surface area contributed by atoms with Crippen molar-refractivity contribution in [2.24, 2.45) is 0 Å². The molecule has 2 aromatic heterocycles. The van der Waals surface area contributed by atoms with Gasteiger partial charge in [-0.2, -0.15) is 0 Å². The highest BCUT2D eigenvalue weighted by atomic mass is 16.3. The molecule has 3 aromatic rings. The number of imidazole rings is 1. The average molecular weight is 379 g/mol. The van der Waals surface area contributed by atoms with Gasteiger partial charge >= 0.3 is 6.03 Å². The number of allylic oxidation sites excluding steroid dienone is 1. The maximum absolute atomic E-state index is 12.8. The molecule has 1 aliphatic heterocycles. The van der Waals surface area contributed by atoms with Crippen LogP contribution in [-0.2, 0) is 11.2 Å². The number of benzene rings is 1. The van der Waals surface area contributed by atoms with Gasteiger partial charge in [-0.3, -0.25) is 4.79 Å². The van der Waals surface area contributed by atoms with E-state index in [4.69, 9.17) is 4.42 Å². The van der Waals surface area contributed by atoms with E-state index in [0.717, 1.165) is 22.4 Å². The van der Waals surface area contributed by atoms with Crippen molar-refractivity contribution in [1.29, 1.82) is 0 Å². The first-order chi connectivity index (χ1) is 13.5. The van der Waals surface area contributed by atoms with Crippen molar-refractivity contribution in [2.75, 3.05) is 6.54 Å². The fourth-order valence-corrected chi connectivity index (χ4v) is 3.42. The molecule has 0 unspecified atom stereocenters. The lowest BCUT2D eigenvalue weighted by Crippen LogP contribution is -2.47. The largest absolute Gasteiger partial charge is 0.472 e. The van der Waals surface area contributed by atoms with Crippen LogP contribution in [0, 0.1) is 6.92 Å². The Kier molecular flexibility index (Phi) is 4.60. The third kappa shape index (κ3) is 3.36. The molecular formula is C20H21N5O3. The number of H-pyrrole nitrogens is 1. The number of carbonyl (C=O) groups is 2. The molecule has 0 fully saturated rings. The molecular weight excluding hydrogens is 358 g/mol. The van der Waals surface area contributed by atoms with E-state index in [1.807, 2.05) is 25.1 Å². The molecule has 28 heavy (non-hydrogen) atoms. The molecule has 0 saturated carbocycles. The average Bonchev–Trinajstić information content (AvgIpc) is 3.31. The Hall–Kier alpha value is -3.55. The maximum atomic E-state index is 12.8. The predicted octanol–water partition coefficient (Wildman–Crippen LogP) is 2.45. The SMILES string of the molecule is CC1=C(C(=O)NCCc2nc3c(C)cccc3[nH]2)[C@@H](c2ccoc2)NC(=O)N1. The summed E-state index contributed by atoms with van der Waals surface area (Å²) in [5, 5.41) is 8.34. The molecule has 4 rings (SSSR count). The first-order valence-electron chi connectivity index (χ1n) is 9.05. The van der Waals surface area contributed by atoms with Gasteiger partial charge < -0.3 is 25.4 Å². The molecule has 1 aliphatic rings. The van der Waals surface area contributed by atoms with Crippen molar-refractivity contribution < 1.29 is 14.0 Å². The zero-order valence-corrected chi connectivity index (χ0v) is 15.6. The van der Waals surface area contributed by atoms with E-state index in [0.29, 0.717) is 29.8 Å². The first-order valence-corrected chi connectivity index (χ1v) is 9.05. The molecule has 0 bridgehead atoms. The zero-order valence-electron chi connectivity index (χ0n) is 15.6. The fraction of sp³-hybridized carbons (Fsp3) is 0.250. The number of hydrogen-bond acceptors (Lipinski definition) is 4. The summed E-state index contributed by atoms with van der Waals surface area (Å²) >= 11 is 0. The Morgan fingerprint density at radius 1 is 1.29 bits per heavy atom. The van der Waals surface area contributed by atoms with Crippen LogP contribution in [0.3, 0.4) is 0 Å². The van der Waals surface area contributed by atoms with Crippen molar-refractivity contribution in [3.8, 4) is 0 Å². The summed E-state index contributed by atoms with van der Waals surface area (Å²) in [6, 6.07) is 6.81. The minimum absolute atomic E-state index is 0.247. The topological polar surface area (TPSA) is 112 Å². The van der Waals surface area contributed by atoms with Gasteiger partial charge in [-0.05, 0) is 31.5 Å². The third-order valence-electron chi connectivity index (χ3n) is 4.80. The van der Waals surface area contributed by atoms with Crippen LogP contribution < -0.4 is 16.0 Å². The van der Waals surface area contributed by atoms with Crippen LogP contribution in [0.1, 0.15) is 29.9 Å². The lowest BCUT2D eigenvalue weighted by molar-refractivity contribution is -0.117. The Morgan fingerprint density at radius 3 is 2.89 bits per heavy atom. The van der Waals surface area contributed by atoms with Crippen molar-refractivity contribution in [3.05, 3.63) is 65.0 Å². The number of fused-ring (bicyclic) bond motifs is 1. The minimum Gasteiger partial charge on any atom is -0.472 e. The predicted molar refractivity (Wildman–Crippen MR) is 103 cm³/mol. The van der Waals surface area contributed by atoms with Crippen LogP contribution in [0.2, 0.25) is 0 Å². The van der Waals surface area contributed by atoms with Gasteiger partial charge in [-0.15, -0.1) is 0 Å². The number of hydrogen-bond donors (Lipinski definition) is 4. The summed E-state index contributed by atoms with van der Waals surface area (Å²) in [6.45, 7) is 4.15. The standard InChI is InChI=1S/C20H21N5O3/c1-11-4-3-5-14-17(11)24-15(23-14)6-8-21-19(26)16-12(2)22-20(27)25-18(16)13-7-9-28-10-13/h3-5,7,9-10,18H,6,8H2,1-2H3,(H,21,26)(H,23,24)(H2,22,25,27)/t18-/m1/s1. The molecule has 1 aromatic carbocycles. The van der Waals surface area contributed by atoms with Gasteiger partial charge in [0.25, 0.3) is 5.91 Å². The van der Waals surface area contributed by atoms with E-state index in [-0.39, 0.29) is 11.9 Å². The Labute approximate surface area is 161 Å². The fourth-order valence-electron chi connectivity index (χ4n) is 3.42. The number of para-hydroxylation sites is 1. The molecule has 3 amide bonds. The maximum Gasteiger partial charge on any atom is 0.319 e. The summed E-state index contributed by atoms with van der Waals surface area (Å²) < 4.78 is 5.11. The van der Waals surface area contributed by atoms with Crippen LogP contribution >= 0.6 is 0 Å². The van der Waals surface area contributed by atoms with Gasteiger partial charge in [0.1, 0.15) is 5.82 Å². The van der Waals surface area contributed by atoms with E-state index in [2.05, 4.69) is 25.9 Å². The molecule has 8 heteroatoms. The molecule has 0 aliphatic carbocycles. The van der Waals surface area contributed by atoms with Crippen LogP contribution in [0.4, 0.5) is 4.79 Å². The highest BCUT2D eigenvalue weighted by Crippen LogP contribution is 2.26. The molecule has 0 radical (unpaired) electrons. The van der Waals surface area contributed by atoms with E-state index in [9.17, 15) is 9.59 Å². The van der Waals surface area contributed by atoms with Gasteiger partial charge in [0.15, 0.2) is 0 Å². The second kappa shape index (κ2) is 7.22. The number of rotatable bonds is 5. The number of aromatic nitrogens is 2. The van der Waals surface area contributed by atoms with Crippen LogP contribution in [0.15, 0.2) is 52.5 Å². The molecule has 1 atom stereocenters. The van der Waals surface area contributed by atoms with Crippen molar-refractivity contribution >= 4 is 23.0 Å².